The van der Waals surface area contributed by atoms with Gasteiger partial charge in [-0.1, -0.05) is 0 Å². The average molecular weight is 216 g/mol. The van der Waals surface area contributed by atoms with Gasteiger partial charge in [-0.05, 0) is 0 Å². The van der Waals surface area contributed by atoms with Gasteiger partial charge in [-0.3, -0.25) is 0 Å². The third-order valence-corrected chi connectivity index (χ3v) is 2.02. The second-order valence-electron chi connectivity index (χ2n) is 2.95. The zero-order valence-electron chi connectivity index (χ0n) is 7.75. The van der Waals surface area contributed by atoms with E-state index in [1.165, 1.54) is 30.0 Å². The molecule has 0 fully saturated rings. The van der Waals surface area contributed by atoms with Crippen molar-refractivity contribution in [1.82, 2.24) is 9.38 Å². The smallest absolute Gasteiger partial charge is 0.421 e. The van der Waals surface area contributed by atoms with Gasteiger partial charge in [0.25, 0.3) is 0 Å². The number of pyridine rings is 1. The Hall–Kier alpha value is -1.72. The number of ether oxygens (including phenoxy) is 1. The van der Waals surface area contributed by atoms with Gasteiger partial charge in [-0.2, -0.15) is 13.2 Å². The van der Waals surface area contributed by atoms with Gasteiger partial charge in [0.1, 0.15) is 17.0 Å². The predicted molar refractivity (Wildman–Crippen MR) is 46.7 cm³/mol. The lowest BCUT2D eigenvalue weighted by Crippen LogP contribution is -2.09. The van der Waals surface area contributed by atoms with E-state index in [1.54, 1.807) is 0 Å². The SMILES string of the molecule is COc1cc2nccn2cc1C(F)(F)F. The molecule has 0 radical (unpaired) electrons. The molecule has 0 N–H and O–H groups in total. The van der Waals surface area contributed by atoms with E-state index in [1.807, 2.05) is 0 Å². The summed E-state index contributed by atoms with van der Waals surface area (Å²) in [5.74, 6) is -0.221. The van der Waals surface area contributed by atoms with E-state index in [2.05, 4.69) is 9.72 Å². The minimum atomic E-state index is -4.43. The standard InChI is InChI=1S/C9H7F3N2O/c1-15-7-4-8-13-2-3-14(8)5-6(7)9(10,11)12/h2-5H,1H3. The lowest BCUT2D eigenvalue weighted by atomic mass is 10.2. The molecule has 0 aliphatic heterocycles. The van der Waals surface area contributed by atoms with E-state index in [4.69, 9.17) is 0 Å². The van der Waals surface area contributed by atoms with Crippen LogP contribution in [0.15, 0.2) is 24.7 Å². The number of imidazole rings is 1. The molecule has 0 saturated heterocycles. The molecular formula is C9H7F3N2O. The van der Waals surface area contributed by atoms with Crippen molar-refractivity contribution < 1.29 is 17.9 Å². The number of fused-ring (bicyclic) bond motifs is 1. The van der Waals surface area contributed by atoms with Gasteiger partial charge in [-0.15, -0.1) is 0 Å². The molecule has 0 aromatic carbocycles. The third-order valence-electron chi connectivity index (χ3n) is 2.02. The molecule has 2 rings (SSSR count). The Morgan fingerprint density at radius 1 is 1.40 bits per heavy atom. The Bertz CT molecular complexity index is 490. The third kappa shape index (κ3) is 1.62. The largest absolute Gasteiger partial charge is 0.496 e. The minimum Gasteiger partial charge on any atom is -0.496 e. The zero-order valence-corrected chi connectivity index (χ0v) is 7.75. The van der Waals surface area contributed by atoms with Crippen LogP contribution < -0.4 is 4.74 Å². The van der Waals surface area contributed by atoms with Gasteiger partial charge in [0.2, 0.25) is 0 Å². The summed E-state index contributed by atoms with van der Waals surface area (Å²) in [7, 11) is 1.20. The first-order valence-electron chi connectivity index (χ1n) is 4.10. The summed E-state index contributed by atoms with van der Waals surface area (Å²) in [6.07, 6.45) is -0.593. The number of methoxy groups -OCH3 is 1. The number of halogens is 3. The highest BCUT2D eigenvalue weighted by Gasteiger charge is 2.35. The maximum atomic E-state index is 12.6. The second-order valence-corrected chi connectivity index (χ2v) is 2.95. The summed E-state index contributed by atoms with van der Waals surface area (Å²) in [6, 6.07) is 1.25. The summed E-state index contributed by atoms with van der Waals surface area (Å²) in [4.78, 5) is 3.87. The Kier molecular flexibility index (Phi) is 2.06. The van der Waals surface area contributed by atoms with Crippen molar-refractivity contribution in [3.63, 3.8) is 0 Å². The van der Waals surface area contributed by atoms with Crippen LogP contribution in [0.2, 0.25) is 0 Å². The second kappa shape index (κ2) is 3.15. The Morgan fingerprint density at radius 3 is 2.73 bits per heavy atom. The van der Waals surface area contributed by atoms with E-state index in [-0.39, 0.29) is 5.75 Å². The minimum absolute atomic E-state index is 0.221. The first kappa shape index (κ1) is 9.82. The van der Waals surface area contributed by atoms with Crippen LogP contribution in [0.1, 0.15) is 5.56 Å². The van der Waals surface area contributed by atoms with E-state index in [0.717, 1.165) is 6.20 Å². The molecule has 15 heavy (non-hydrogen) atoms. The van der Waals surface area contributed by atoms with Crippen molar-refractivity contribution in [2.75, 3.05) is 7.11 Å². The van der Waals surface area contributed by atoms with Crippen LogP contribution in [0.3, 0.4) is 0 Å². The van der Waals surface area contributed by atoms with Gasteiger partial charge in [-0.25, -0.2) is 4.98 Å². The van der Waals surface area contributed by atoms with Crippen LogP contribution in [0.25, 0.3) is 5.65 Å². The maximum absolute atomic E-state index is 12.6. The van der Waals surface area contributed by atoms with Crippen molar-refractivity contribution in [2.45, 2.75) is 6.18 Å². The van der Waals surface area contributed by atoms with Crippen LogP contribution >= 0.6 is 0 Å². The number of rotatable bonds is 1. The lowest BCUT2D eigenvalue weighted by molar-refractivity contribution is -0.139. The molecule has 80 valence electrons. The van der Waals surface area contributed by atoms with Crippen LogP contribution in [-0.2, 0) is 6.18 Å². The highest BCUT2D eigenvalue weighted by Crippen LogP contribution is 2.36. The van der Waals surface area contributed by atoms with Crippen molar-refractivity contribution in [1.29, 1.82) is 0 Å². The van der Waals surface area contributed by atoms with Gasteiger partial charge >= 0.3 is 6.18 Å². The van der Waals surface area contributed by atoms with E-state index in [9.17, 15) is 13.2 Å². The molecule has 0 atom stereocenters. The van der Waals surface area contributed by atoms with Gasteiger partial charge < -0.3 is 9.14 Å². The monoisotopic (exact) mass is 216 g/mol. The molecular weight excluding hydrogens is 209 g/mol. The van der Waals surface area contributed by atoms with E-state index < -0.39 is 11.7 Å². The van der Waals surface area contributed by atoms with Crippen LogP contribution in [0, 0.1) is 0 Å². The van der Waals surface area contributed by atoms with E-state index in [0.29, 0.717) is 5.65 Å². The molecule has 0 aliphatic carbocycles. The van der Waals surface area contributed by atoms with Crippen LogP contribution in [0.5, 0.6) is 5.75 Å². The summed E-state index contributed by atoms with van der Waals surface area (Å²) >= 11 is 0. The Morgan fingerprint density at radius 2 is 2.13 bits per heavy atom. The Labute approximate surface area is 83.1 Å². The fourth-order valence-electron chi connectivity index (χ4n) is 1.33. The molecule has 0 amide bonds. The van der Waals surface area contributed by atoms with Crippen LogP contribution in [0.4, 0.5) is 13.2 Å². The quantitative estimate of drug-likeness (QED) is 0.731. The van der Waals surface area contributed by atoms with Crippen molar-refractivity contribution in [3.8, 4) is 5.75 Å². The number of hydrogen-bond acceptors (Lipinski definition) is 2. The summed E-state index contributed by atoms with van der Waals surface area (Å²) < 4.78 is 43.6. The first-order valence-corrected chi connectivity index (χ1v) is 4.10. The lowest BCUT2D eigenvalue weighted by Gasteiger charge is -2.11. The average Bonchev–Trinajstić information content (AvgIpc) is 2.60. The van der Waals surface area contributed by atoms with Crippen molar-refractivity contribution in [2.24, 2.45) is 0 Å². The molecule has 0 aliphatic rings. The summed E-state index contributed by atoms with van der Waals surface area (Å²) in [6.45, 7) is 0. The fourth-order valence-corrected chi connectivity index (χ4v) is 1.33. The fraction of sp³-hybridized carbons (Fsp3) is 0.222. The number of alkyl halides is 3. The number of aromatic nitrogens is 2. The van der Waals surface area contributed by atoms with E-state index >= 15 is 0 Å². The maximum Gasteiger partial charge on any atom is 0.421 e. The molecule has 2 aromatic rings. The molecule has 6 heteroatoms. The highest BCUT2D eigenvalue weighted by atomic mass is 19.4. The molecule has 0 unspecified atom stereocenters. The molecule has 0 saturated carbocycles. The summed E-state index contributed by atoms with van der Waals surface area (Å²) in [5.41, 5.74) is -0.393. The Balaban J connectivity index is 2.70. The highest BCUT2D eigenvalue weighted by molar-refractivity contribution is 5.49. The molecule has 2 aromatic heterocycles. The molecule has 3 nitrogen and oxygen atoms in total. The molecule has 2 heterocycles. The first-order chi connectivity index (χ1) is 7.02. The van der Waals surface area contributed by atoms with Gasteiger partial charge in [0.05, 0.1) is 7.11 Å². The van der Waals surface area contributed by atoms with Crippen molar-refractivity contribution >= 4 is 5.65 Å². The topological polar surface area (TPSA) is 26.5 Å². The van der Waals surface area contributed by atoms with Gasteiger partial charge in [0.15, 0.2) is 0 Å². The number of hydrogen-bond donors (Lipinski definition) is 0. The molecule has 0 bridgehead atoms. The predicted octanol–water partition coefficient (Wildman–Crippen LogP) is 2.36. The summed E-state index contributed by atoms with van der Waals surface area (Å²) in [5, 5.41) is 0. The molecule has 0 spiro atoms. The van der Waals surface area contributed by atoms with Crippen LogP contribution in [-0.4, -0.2) is 16.5 Å². The number of nitrogens with zero attached hydrogens (tertiary/aromatic N) is 2. The normalized spacial score (nSPS) is 12.0. The van der Waals surface area contributed by atoms with Crippen molar-refractivity contribution in [3.05, 3.63) is 30.2 Å². The van der Waals surface area contributed by atoms with Gasteiger partial charge in [0, 0.05) is 24.7 Å². The zero-order chi connectivity index (χ0) is 11.1.